The van der Waals surface area contributed by atoms with Crippen molar-refractivity contribution in [2.45, 2.75) is 6.54 Å². The molecule has 3 rings (SSSR count). The number of hydrogen-bond acceptors (Lipinski definition) is 3. The second kappa shape index (κ2) is 6.02. The summed E-state index contributed by atoms with van der Waals surface area (Å²) in [6, 6.07) is 13.4. The number of hydrogen-bond donors (Lipinski definition) is 1. The molecule has 0 unspecified atom stereocenters. The summed E-state index contributed by atoms with van der Waals surface area (Å²) in [6.07, 6.45) is 0. The van der Waals surface area contributed by atoms with E-state index in [1.54, 1.807) is 0 Å². The average Bonchev–Trinajstić information content (AvgIpc) is 2.84. The van der Waals surface area contributed by atoms with E-state index in [2.05, 4.69) is 22.1 Å². The van der Waals surface area contributed by atoms with Crippen molar-refractivity contribution in [3.8, 4) is 11.3 Å². The van der Waals surface area contributed by atoms with Crippen LogP contribution in [0.1, 0.15) is 16.1 Å². The number of nitrogens with zero attached hydrogens (tertiary/aromatic N) is 3. The predicted molar refractivity (Wildman–Crippen MR) is 91.5 cm³/mol. The normalized spacial score (nSPS) is 11.3. The average molecular weight is 329 g/mol. The number of primary amides is 1. The first-order valence-electron chi connectivity index (χ1n) is 7.18. The first-order valence-corrected chi connectivity index (χ1v) is 7.55. The maximum Gasteiger partial charge on any atom is 0.267 e. The van der Waals surface area contributed by atoms with Crippen LogP contribution in [0.3, 0.4) is 0 Å². The Morgan fingerprint density at radius 2 is 1.91 bits per heavy atom. The van der Waals surface area contributed by atoms with Gasteiger partial charge in [-0.25, -0.2) is 4.52 Å². The van der Waals surface area contributed by atoms with Crippen molar-refractivity contribution >= 4 is 23.0 Å². The highest BCUT2D eigenvalue weighted by Gasteiger charge is 2.14. The Labute approximate surface area is 139 Å². The van der Waals surface area contributed by atoms with Gasteiger partial charge in [-0.3, -0.25) is 4.79 Å². The van der Waals surface area contributed by atoms with Gasteiger partial charge in [-0.1, -0.05) is 35.9 Å². The van der Waals surface area contributed by atoms with Crippen molar-refractivity contribution in [3.05, 3.63) is 58.7 Å². The van der Waals surface area contributed by atoms with Gasteiger partial charge in [0, 0.05) is 12.1 Å². The van der Waals surface area contributed by atoms with Gasteiger partial charge in [-0.05, 0) is 37.9 Å². The highest BCUT2D eigenvalue weighted by atomic mass is 35.5. The van der Waals surface area contributed by atoms with E-state index < -0.39 is 5.91 Å². The standard InChI is InChI=1S/C17H17ClN4O/c1-21(2)10-11-3-5-12(6-4-11)14-7-8-15-13(18)9-16(17(19)23)22(15)20-14/h3-9H,10H2,1-2H3,(H2,19,23). The second-order valence-corrected chi connectivity index (χ2v) is 6.10. The second-order valence-electron chi connectivity index (χ2n) is 5.69. The Bertz CT molecular complexity index is 868. The Balaban J connectivity index is 2.03. The maximum absolute atomic E-state index is 11.5. The number of fused-ring (bicyclic) bond motifs is 1. The number of nitrogens with two attached hydrogens (primary N) is 1. The number of benzene rings is 1. The van der Waals surface area contributed by atoms with Gasteiger partial charge in [-0.15, -0.1) is 0 Å². The smallest absolute Gasteiger partial charge is 0.267 e. The molecule has 0 bridgehead atoms. The van der Waals surface area contributed by atoms with Crippen molar-refractivity contribution in [1.82, 2.24) is 14.5 Å². The van der Waals surface area contributed by atoms with Gasteiger partial charge in [0.2, 0.25) is 0 Å². The first-order chi connectivity index (χ1) is 11.0. The lowest BCUT2D eigenvalue weighted by molar-refractivity contribution is 0.0994. The molecule has 23 heavy (non-hydrogen) atoms. The molecule has 1 amide bonds. The van der Waals surface area contributed by atoms with Crippen LogP contribution in [0.2, 0.25) is 5.02 Å². The van der Waals surface area contributed by atoms with Crippen LogP contribution in [-0.4, -0.2) is 34.5 Å². The molecule has 0 aliphatic rings. The number of carbonyl (C=O) groups is 1. The summed E-state index contributed by atoms with van der Waals surface area (Å²) in [4.78, 5) is 13.6. The summed E-state index contributed by atoms with van der Waals surface area (Å²) in [7, 11) is 4.06. The zero-order chi connectivity index (χ0) is 16.6. The molecule has 1 aromatic carbocycles. The summed E-state index contributed by atoms with van der Waals surface area (Å²) in [5, 5.41) is 4.96. The Morgan fingerprint density at radius 1 is 1.22 bits per heavy atom. The van der Waals surface area contributed by atoms with Gasteiger partial charge in [0.15, 0.2) is 0 Å². The molecule has 0 atom stereocenters. The third kappa shape index (κ3) is 3.06. The lowest BCUT2D eigenvalue weighted by Crippen LogP contribution is -2.15. The van der Waals surface area contributed by atoms with Crippen LogP contribution >= 0.6 is 11.6 Å². The zero-order valence-electron chi connectivity index (χ0n) is 13.0. The summed E-state index contributed by atoms with van der Waals surface area (Å²) >= 11 is 6.12. The van der Waals surface area contributed by atoms with E-state index in [9.17, 15) is 4.79 Å². The van der Waals surface area contributed by atoms with Crippen molar-refractivity contribution in [2.24, 2.45) is 5.73 Å². The fraction of sp³-hybridized carbons (Fsp3) is 0.176. The van der Waals surface area contributed by atoms with E-state index in [1.807, 2.05) is 38.4 Å². The number of halogens is 1. The highest BCUT2D eigenvalue weighted by molar-refractivity contribution is 6.34. The van der Waals surface area contributed by atoms with Crippen molar-refractivity contribution in [2.75, 3.05) is 14.1 Å². The molecule has 6 heteroatoms. The van der Waals surface area contributed by atoms with Crippen LogP contribution in [0.4, 0.5) is 0 Å². The molecule has 0 radical (unpaired) electrons. The van der Waals surface area contributed by atoms with Crippen LogP contribution in [0, 0.1) is 0 Å². The van der Waals surface area contributed by atoms with Gasteiger partial charge < -0.3 is 10.6 Å². The Kier molecular flexibility index (Phi) is 4.07. The predicted octanol–water partition coefficient (Wildman–Crippen LogP) is 2.82. The van der Waals surface area contributed by atoms with Gasteiger partial charge in [0.25, 0.3) is 5.91 Å². The third-order valence-electron chi connectivity index (χ3n) is 3.57. The van der Waals surface area contributed by atoms with Crippen molar-refractivity contribution in [1.29, 1.82) is 0 Å². The van der Waals surface area contributed by atoms with E-state index >= 15 is 0 Å². The largest absolute Gasteiger partial charge is 0.364 e. The molecule has 5 nitrogen and oxygen atoms in total. The first kappa shape index (κ1) is 15.5. The summed E-state index contributed by atoms with van der Waals surface area (Å²) in [6.45, 7) is 0.881. The van der Waals surface area contributed by atoms with E-state index in [4.69, 9.17) is 17.3 Å². The highest BCUT2D eigenvalue weighted by Crippen LogP contribution is 2.24. The SMILES string of the molecule is CN(C)Cc1ccc(-c2ccc3c(Cl)cc(C(N)=O)n3n2)cc1. The minimum Gasteiger partial charge on any atom is -0.364 e. The monoisotopic (exact) mass is 328 g/mol. The zero-order valence-corrected chi connectivity index (χ0v) is 13.7. The molecular weight excluding hydrogens is 312 g/mol. The molecule has 0 aliphatic carbocycles. The quantitative estimate of drug-likeness (QED) is 0.801. The molecule has 2 N–H and O–H groups in total. The minimum absolute atomic E-state index is 0.274. The maximum atomic E-state index is 11.5. The Hall–Kier alpha value is -2.37. The molecule has 0 spiro atoms. The van der Waals surface area contributed by atoms with Gasteiger partial charge in [0.1, 0.15) is 5.69 Å². The fourth-order valence-corrected chi connectivity index (χ4v) is 2.76. The molecule has 0 aliphatic heterocycles. The number of carbonyl (C=O) groups excluding carboxylic acids is 1. The van der Waals surface area contributed by atoms with E-state index in [1.165, 1.54) is 16.1 Å². The van der Waals surface area contributed by atoms with Crippen molar-refractivity contribution in [3.63, 3.8) is 0 Å². The van der Waals surface area contributed by atoms with Gasteiger partial charge in [-0.2, -0.15) is 5.10 Å². The van der Waals surface area contributed by atoms with Gasteiger partial charge in [0.05, 0.1) is 16.2 Å². The third-order valence-corrected chi connectivity index (χ3v) is 3.88. The molecule has 0 saturated carbocycles. The molecule has 3 aromatic rings. The van der Waals surface area contributed by atoms with Crippen molar-refractivity contribution < 1.29 is 4.79 Å². The molecule has 2 aromatic heterocycles. The van der Waals surface area contributed by atoms with E-state index in [0.717, 1.165) is 17.8 Å². The van der Waals surface area contributed by atoms with Crippen LogP contribution in [0.5, 0.6) is 0 Å². The van der Waals surface area contributed by atoms with Crippen LogP contribution < -0.4 is 5.73 Å². The lowest BCUT2D eigenvalue weighted by Gasteiger charge is -2.10. The van der Waals surface area contributed by atoms with Crippen LogP contribution in [0.25, 0.3) is 16.8 Å². The summed E-state index contributed by atoms with van der Waals surface area (Å²) in [5.74, 6) is -0.558. The fourth-order valence-electron chi connectivity index (χ4n) is 2.52. The Morgan fingerprint density at radius 3 is 2.52 bits per heavy atom. The van der Waals surface area contributed by atoms with E-state index in [-0.39, 0.29) is 5.69 Å². The molecule has 118 valence electrons. The molecule has 0 saturated heterocycles. The number of rotatable bonds is 4. The number of aromatic nitrogens is 2. The molecular formula is C17H17ClN4O. The van der Waals surface area contributed by atoms with Crippen LogP contribution in [0.15, 0.2) is 42.5 Å². The van der Waals surface area contributed by atoms with E-state index in [0.29, 0.717) is 10.5 Å². The topological polar surface area (TPSA) is 63.6 Å². The lowest BCUT2D eigenvalue weighted by atomic mass is 10.1. The minimum atomic E-state index is -0.558. The molecule has 2 heterocycles. The molecule has 0 fully saturated rings. The summed E-state index contributed by atoms with van der Waals surface area (Å²) < 4.78 is 1.49. The number of amides is 1. The summed E-state index contributed by atoms with van der Waals surface area (Å²) in [5.41, 5.74) is 9.26. The van der Waals surface area contributed by atoms with Crippen LogP contribution in [-0.2, 0) is 6.54 Å². The van der Waals surface area contributed by atoms with Gasteiger partial charge >= 0.3 is 0 Å².